The van der Waals surface area contributed by atoms with Crippen molar-refractivity contribution in [2.45, 2.75) is 39.2 Å². The number of carbonyl (C=O) groups is 1. The number of thiazole rings is 1. The quantitative estimate of drug-likeness (QED) is 0.645. The van der Waals surface area contributed by atoms with E-state index in [-0.39, 0.29) is 5.78 Å². The molecule has 0 spiro atoms. The number of quaternary nitrogens is 1. The highest BCUT2D eigenvalue weighted by molar-refractivity contribution is 7.18. The number of nitrogens with one attached hydrogen (secondary N) is 1. The van der Waals surface area contributed by atoms with Crippen molar-refractivity contribution in [1.29, 1.82) is 0 Å². The molecule has 28 heavy (non-hydrogen) atoms. The Morgan fingerprint density at radius 3 is 2.93 bits per heavy atom. The van der Waals surface area contributed by atoms with Crippen LogP contribution in [0.15, 0.2) is 42.5 Å². The van der Waals surface area contributed by atoms with Crippen molar-refractivity contribution >= 4 is 27.3 Å². The first kappa shape index (κ1) is 19.1. The molecule has 146 valence electrons. The third-order valence-corrected chi connectivity index (χ3v) is 6.68. The van der Waals surface area contributed by atoms with E-state index in [0.29, 0.717) is 12.5 Å². The molecule has 0 aliphatic carbocycles. The maximum atomic E-state index is 11.8. The van der Waals surface area contributed by atoms with Crippen molar-refractivity contribution < 1.29 is 14.4 Å². The Labute approximate surface area is 170 Å². The average molecular weight is 396 g/mol. The van der Waals surface area contributed by atoms with Gasteiger partial charge < -0.3 is 9.64 Å². The molecule has 0 amide bonds. The normalized spacial score (nSPS) is 19.6. The molecule has 3 aromatic rings. The Morgan fingerprint density at radius 2 is 2.14 bits per heavy atom. The third kappa shape index (κ3) is 4.10. The van der Waals surface area contributed by atoms with Crippen molar-refractivity contribution in [2.75, 3.05) is 19.7 Å². The summed E-state index contributed by atoms with van der Waals surface area (Å²) in [4.78, 5) is 18.3. The van der Waals surface area contributed by atoms with Crippen molar-refractivity contribution in [3.63, 3.8) is 0 Å². The number of hydrogen-bond acceptors (Lipinski definition) is 4. The number of likely N-dealkylation sites (tertiary alicyclic amines) is 1. The first-order valence-corrected chi connectivity index (χ1v) is 10.9. The molecule has 1 aliphatic rings. The van der Waals surface area contributed by atoms with Crippen molar-refractivity contribution in [3.8, 4) is 5.75 Å². The fourth-order valence-electron chi connectivity index (χ4n) is 4.09. The number of Topliss-reactive ketones (excluding diaryl/α,β-unsaturated/α-hetero) is 1. The zero-order chi connectivity index (χ0) is 19.5. The number of piperidine rings is 1. The van der Waals surface area contributed by atoms with Gasteiger partial charge in [0.05, 0.1) is 35.8 Å². The van der Waals surface area contributed by atoms with Gasteiger partial charge in [-0.2, -0.15) is 0 Å². The Morgan fingerprint density at radius 1 is 1.29 bits per heavy atom. The van der Waals surface area contributed by atoms with Gasteiger partial charge in [0.15, 0.2) is 5.78 Å². The van der Waals surface area contributed by atoms with Crippen LogP contribution in [0.25, 0.3) is 10.2 Å². The number of ether oxygens (including phenoxy) is 1. The van der Waals surface area contributed by atoms with E-state index in [1.165, 1.54) is 27.4 Å². The standard InChI is InChI=1S/C23H26N2O2S/c1-3-27-21-11-10-17(16(2)26)13-19(21)15-25-12-6-7-18(14-25)23-24-20-8-4-5-9-22(20)28-23/h4-5,8-11,13,18H,3,6-7,12,14-15H2,1-2H3/p+1/t18-/m1/s1. The zero-order valence-electron chi connectivity index (χ0n) is 16.5. The van der Waals surface area contributed by atoms with Crippen LogP contribution in [-0.4, -0.2) is 30.5 Å². The number of hydrogen-bond donors (Lipinski definition) is 1. The number of rotatable bonds is 6. The summed E-state index contributed by atoms with van der Waals surface area (Å²) in [6, 6.07) is 14.2. The van der Waals surface area contributed by atoms with Crippen molar-refractivity contribution in [2.24, 2.45) is 0 Å². The second-order valence-electron chi connectivity index (χ2n) is 7.55. The van der Waals surface area contributed by atoms with E-state index in [9.17, 15) is 4.79 Å². The van der Waals surface area contributed by atoms with Gasteiger partial charge in [0, 0.05) is 11.1 Å². The largest absolute Gasteiger partial charge is 0.493 e. The summed E-state index contributed by atoms with van der Waals surface area (Å²) in [5.41, 5.74) is 3.01. The Hall–Kier alpha value is -2.24. The van der Waals surface area contributed by atoms with Gasteiger partial charge in [0.25, 0.3) is 0 Å². The summed E-state index contributed by atoms with van der Waals surface area (Å²) in [6.07, 6.45) is 2.40. The van der Waals surface area contributed by atoms with Crippen molar-refractivity contribution in [1.82, 2.24) is 4.98 Å². The molecule has 2 heterocycles. The highest BCUT2D eigenvalue weighted by atomic mass is 32.1. The minimum atomic E-state index is 0.102. The van der Waals surface area contributed by atoms with Crippen LogP contribution in [0.3, 0.4) is 0 Å². The first-order valence-electron chi connectivity index (χ1n) is 10.1. The van der Waals surface area contributed by atoms with Crippen LogP contribution in [-0.2, 0) is 6.54 Å². The molecule has 4 nitrogen and oxygen atoms in total. The molecular formula is C23H27N2O2S+. The van der Waals surface area contributed by atoms with Crippen LogP contribution in [0.2, 0.25) is 0 Å². The average Bonchev–Trinajstić information content (AvgIpc) is 3.14. The summed E-state index contributed by atoms with van der Waals surface area (Å²) in [5, 5.41) is 1.26. The van der Waals surface area contributed by atoms with Gasteiger partial charge in [-0.15, -0.1) is 11.3 Å². The van der Waals surface area contributed by atoms with E-state index in [0.717, 1.165) is 42.0 Å². The lowest BCUT2D eigenvalue weighted by atomic mass is 9.97. The lowest BCUT2D eigenvalue weighted by Crippen LogP contribution is -3.12. The molecule has 1 unspecified atom stereocenters. The molecule has 0 bridgehead atoms. The molecule has 1 fully saturated rings. The number of benzene rings is 2. The number of fused-ring (bicyclic) bond motifs is 1. The van der Waals surface area contributed by atoms with Crippen LogP contribution in [0.5, 0.6) is 5.75 Å². The molecule has 4 rings (SSSR count). The SMILES string of the molecule is CCOc1ccc(C(C)=O)cc1C[NH+]1CCC[C@@H](c2nc3ccccc3s2)C1. The maximum Gasteiger partial charge on any atom is 0.159 e. The Balaban J connectivity index is 1.53. The molecule has 1 aromatic heterocycles. The first-order chi connectivity index (χ1) is 13.6. The number of nitrogens with zero attached hydrogens (tertiary/aromatic N) is 1. The number of aromatic nitrogens is 1. The minimum Gasteiger partial charge on any atom is -0.493 e. The summed E-state index contributed by atoms with van der Waals surface area (Å²) in [5.74, 6) is 1.51. The van der Waals surface area contributed by atoms with Gasteiger partial charge in [-0.1, -0.05) is 12.1 Å². The molecular weight excluding hydrogens is 368 g/mol. The fraction of sp³-hybridized carbons (Fsp3) is 0.391. The lowest BCUT2D eigenvalue weighted by molar-refractivity contribution is -0.920. The number of carbonyl (C=O) groups excluding carboxylic acids is 1. The van der Waals surface area contributed by atoms with Gasteiger partial charge in [-0.25, -0.2) is 4.98 Å². The predicted molar refractivity (Wildman–Crippen MR) is 114 cm³/mol. The fourth-order valence-corrected chi connectivity index (χ4v) is 5.19. The minimum absolute atomic E-state index is 0.102. The molecule has 2 atom stereocenters. The van der Waals surface area contributed by atoms with Crippen LogP contribution in [0.1, 0.15) is 53.5 Å². The molecule has 5 heteroatoms. The Bertz CT molecular complexity index is 949. The van der Waals surface area contributed by atoms with E-state index in [2.05, 4.69) is 24.3 Å². The summed E-state index contributed by atoms with van der Waals surface area (Å²) in [7, 11) is 0. The molecule has 1 saturated heterocycles. The maximum absolute atomic E-state index is 11.8. The van der Waals surface area contributed by atoms with E-state index in [4.69, 9.17) is 9.72 Å². The molecule has 0 radical (unpaired) electrons. The number of ketones is 1. The van der Waals surface area contributed by atoms with Crippen LogP contribution >= 0.6 is 11.3 Å². The van der Waals surface area contributed by atoms with Gasteiger partial charge >= 0.3 is 0 Å². The lowest BCUT2D eigenvalue weighted by Gasteiger charge is -2.29. The topological polar surface area (TPSA) is 43.6 Å². The summed E-state index contributed by atoms with van der Waals surface area (Å²) in [6.45, 7) is 7.37. The van der Waals surface area contributed by atoms with E-state index >= 15 is 0 Å². The molecule has 0 saturated carbocycles. The van der Waals surface area contributed by atoms with E-state index < -0.39 is 0 Å². The summed E-state index contributed by atoms with van der Waals surface area (Å²) < 4.78 is 7.11. The molecule has 1 N–H and O–H groups in total. The van der Waals surface area contributed by atoms with Crippen molar-refractivity contribution in [3.05, 3.63) is 58.6 Å². The second kappa shape index (κ2) is 8.41. The third-order valence-electron chi connectivity index (χ3n) is 5.48. The van der Waals surface area contributed by atoms with Crippen LogP contribution in [0.4, 0.5) is 0 Å². The van der Waals surface area contributed by atoms with Gasteiger partial charge in [0.1, 0.15) is 17.3 Å². The predicted octanol–water partition coefficient (Wildman–Crippen LogP) is 3.86. The van der Waals surface area contributed by atoms with Gasteiger partial charge in [0.2, 0.25) is 0 Å². The highest BCUT2D eigenvalue weighted by Crippen LogP contribution is 2.30. The van der Waals surface area contributed by atoms with Crippen LogP contribution in [0, 0.1) is 0 Å². The van der Waals surface area contributed by atoms with Gasteiger partial charge in [-0.05, 0) is 57.0 Å². The monoisotopic (exact) mass is 395 g/mol. The van der Waals surface area contributed by atoms with Gasteiger partial charge in [-0.3, -0.25) is 4.79 Å². The molecule has 2 aromatic carbocycles. The Kier molecular flexibility index (Phi) is 5.74. The number of para-hydroxylation sites is 1. The van der Waals surface area contributed by atoms with E-state index in [1.54, 1.807) is 6.92 Å². The molecule has 1 aliphatic heterocycles. The highest BCUT2D eigenvalue weighted by Gasteiger charge is 2.28. The summed E-state index contributed by atoms with van der Waals surface area (Å²) >= 11 is 1.84. The zero-order valence-corrected chi connectivity index (χ0v) is 17.3. The second-order valence-corrected chi connectivity index (χ2v) is 8.61. The smallest absolute Gasteiger partial charge is 0.159 e. The van der Waals surface area contributed by atoms with Crippen LogP contribution < -0.4 is 9.64 Å². The van der Waals surface area contributed by atoms with E-state index in [1.807, 2.05) is 36.5 Å².